The van der Waals surface area contributed by atoms with E-state index in [1.807, 2.05) is 66.7 Å². The van der Waals surface area contributed by atoms with Crippen LogP contribution in [0.15, 0.2) is 78.9 Å². The van der Waals surface area contributed by atoms with Gasteiger partial charge in [0.2, 0.25) is 5.91 Å². The number of hydrogen-bond acceptors (Lipinski definition) is 7. The summed E-state index contributed by atoms with van der Waals surface area (Å²) in [5, 5.41) is 17.9. The predicted octanol–water partition coefficient (Wildman–Crippen LogP) is 4.87. The van der Waals surface area contributed by atoms with E-state index in [2.05, 4.69) is 30.8 Å². The van der Waals surface area contributed by atoms with Gasteiger partial charge in [0.15, 0.2) is 5.82 Å². The quantitative estimate of drug-likeness (QED) is 0.300. The largest absolute Gasteiger partial charge is 0.490 e. The van der Waals surface area contributed by atoms with Crippen molar-refractivity contribution in [3.05, 3.63) is 89.7 Å². The Bertz CT molecular complexity index is 1270. The Morgan fingerprint density at radius 1 is 1.03 bits per heavy atom. The molecular formula is C26H25ClN6O3. The van der Waals surface area contributed by atoms with Crippen molar-refractivity contribution in [2.45, 2.75) is 24.9 Å². The Labute approximate surface area is 213 Å². The number of tetrazole rings is 1. The summed E-state index contributed by atoms with van der Waals surface area (Å²) in [6.45, 7) is 0.389. The van der Waals surface area contributed by atoms with Crippen LogP contribution in [0.1, 0.15) is 24.7 Å². The van der Waals surface area contributed by atoms with Gasteiger partial charge in [0.25, 0.3) is 0 Å². The van der Waals surface area contributed by atoms with Crippen molar-refractivity contribution in [2.75, 3.05) is 18.5 Å². The van der Waals surface area contributed by atoms with Crippen molar-refractivity contribution < 1.29 is 14.3 Å². The Morgan fingerprint density at radius 3 is 2.44 bits per heavy atom. The summed E-state index contributed by atoms with van der Waals surface area (Å²) in [5.74, 6) is 2.39. The lowest BCUT2D eigenvalue weighted by Gasteiger charge is -2.29. The molecule has 36 heavy (non-hydrogen) atoms. The Morgan fingerprint density at radius 2 is 1.75 bits per heavy atom. The second kappa shape index (κ2) is 11.2. The number of aromatic nitrogens is 4. The fourth-order valence-corrected chi connectivity index (χ4v) is 4.06. The number of halogens is 1. The van der Waals surface area contributed by atoms with Crippen LogP contribution in [0.3, 0.4) is 0 Å². The highest BCUT2D eigenvalue weighted by atomic mass is 35.5. The molecule has 1 fully saturated rings. The third-order valence-electron chi connectivity index (χ3n) is 5.77. The molecule has 1 aromatic heterocycles. The van der Waals surface area contributed by atoms with Gasteiger partial charge in [0.1, 0.15) is 29.9 Å². The number of para-hydroxylation sites is 2. The number of amides is 1. The van der Waals surface area contributed by atoms with E-state index in [4.69, 9.17) is 21.1 Å². The molecule has 0 aliphatic heterocycles. The van der Waals surface area contributed by atoms with Gasteiger partial charge in [0, 0.05) is 11.7 Å². The molecular weight excluding hydrogens is 480 g/mol. The molecule has 5 rings (SSSR count). The zero-order valence-corrected chi connectivity index (χ0v) is 20.1. The maximum atomic E-state index is 13.0. The normalized spacial score (nSPS) is 13.8. The monoisotopic (exact) mass is 504 g/mol. The van der Waals surface area contributed by atoms with Crippen molar-refractivity contribution in [2.24, 2.45) is 0 Å². The van der Waals surface area contributed by atoms with Crippen LogP contribution in [0.4, 0.5) is 5.69 Å². The zero-order chi connectivity index (χ0) is 24.7. The summed E-state index contributed by atoms with van der Waals surface area (Å²) in [4.78, 5) is 15.1. The van der Waals surface area contributed by atoms with Gasteiger partial charge in [-0.2, -0.15) is 0 Å². The van der Waals surface area contributed by atoms with E-state index in [-0.39, 0.29) is 31.1 Å². The van der Waals surface area contributed by atoms with Crippen LogP contribution < -0.4 is 14.8 Å². The number of anilines is 1. The van der Waals surface area contributed by atoms with Gasteiger partial charge in [-0.05, 0) is 71.8 Å². The fraction of sp³-hybridized carbons (Fsp3) is 0.231. The molecule has 9 nitrogen and oxygen atoms in total. The van der Waals surface area contributed by atoms with Gasteiger partial charge in [-0.25, -0.2) is 5.10 Å². The third-order valence-corrected chi connectivity index (χ3v) is 6.08. The van der Waals surface area contributed by atoms with Crippen molar-refractivity contribution in [3.63, 3.8) is 0 Å². The molecule has 1 aliphatic rings. The highest BCUT2D eigenvalue weighted by Crippen LogP contribution is 2.34. The van der Waals surface area contributed by atoms with E-state index < -0.39 is 0 Å². The molecule has 1 atom stereocenters. The molecule has 1 heterocycles. The number of carbonyl (C=O) groups is 1. The number of rotatable bonds is 11. The summed E-state index contributed by atoms with van der Waals surface area (Å²) >= 11 is 6.26. The first-order valence-electron chi connectivity index (χ1n) is 11.7. The number of hydrogen-bond donors (Lipinski definition) is 2. The first-order chi connectivity index (χ1) is 17.7. The van der Waals surface area contributed by atoms with Crippen LogP contribution in [0, 0.1) is 0 Å². The fourth-order valence-electron chi connectivity index (χ4n) is 3.87. The van der Waals surface area contributed by atoms with Crippen molar-refractivity contribution in [3.8, 4) is 17.2 Å². The number of ether oxygens (including phenoxy) is 2. The van der Waals surface area contributed by atoms with Crippen molar-refractivity contribution >= 4 is 23.2 Å². The molecule has 4 aromatic rings. The second-order valence-electron chi connectivity index (χ2n) is 8.43. The number of nitrogens with zero attached hydrogens (tertiary/aromatic N) is 4. The van der Waals surface area contributed by atoms with Gasteiger partial charge < -0.3 is 14.8 Å². The highest BCUT2D eigenvalue weighted by Gasteiger charge is 2.38. The molecule has 0 bridgehead atoms. The van der Waals surface area contributed by atoms with Gasteiger partial charge in [-0.15, -0.1) is 5.10 Å². The molecule has 1 unspecified atom stereocenters. The second-order valence-corrected chi connectivity index (χ2v) is 8.84. The average molecular weight is 505 g/mol. The van der Waals surface area contributed by atoms with E-state index in [1.165, 1.54) is 0 Å². The minimum absolute atomic E-state index is 0.145. The van der Waals surface area contributed by atoms with E-state index in [0.717, 1.165) is 18.6 Å². The Kier molecular flexibility index (Phi) is 7.39. The summed E-state index contributed by atoms with van der Waals surface area (Å²) in [7, 11) is 0. The molecule has 3 aromatic carbocycles. The predicted molar refractivity (Wildman–Crippen MR) is 135 cm³/mol. The van der Waals surface area contributed by atoms with Crippen LogP contribution in [0.2, 0.25) is 5.02 Å². The average Bonchev–Trinajstić information content (AvgIpc) is 3.60. The topological polar surface area (TPSA) is 105 Å². The Hall–Kier alpha value is -3.95. The lowest BCUT2D eigenvalue weighted by molar-refractivity contribution is -0.118. The van der Waals surface area contributed by atoms with E-state index in [0.29, 0.717) is 28.0 Å². The number of aromatic amines is 1. The third kappa shape index (κ3) is 6.18. The number of H-pyrrole nitrogens is 1. The van der Waals surface area contributed by atoms with Crippen LogP contribution in [-0.2, 0) is 4.79 Å². The molecule has 10 heteroatoms. The molecule has 0 saturated heterocycles. The lowest BCUT2D eigenvalue weighted by Crippen LogP contribution is -2.40. The molecule has 184 valence electrons. The van der Waals surface area contributed by atoms with E-state index in [9.17, 15) is 4.79 Å². The smallest absolute Gasteiger partial charge is 0.238 e. The summed E-state index contributed by atoms with van der Waals surface area (Å²) in [5.41, 5.74) is 0.682. The minimum atomic E-state index is -0.351. The van der Waals surface area contributed by atoms with Crippen molar-refractivity contribution in [1.82, 2.24) is 25.5 Å². The van der Waals surface area contributed by atoms with E-state index in [1.54, 1.807) is 12.1 Å². The molecule has 1 aliphatic carbocycles. The first-order valence-corrected chi connectivity index (χ1v) is 12.0. The van der Waals surface area contributed by atoms with Crippen LogP contribution in [0.25, 0.3) is 0 Å². The number of nitrogens with one attached hydrogen (secondary N) is 2. The maximum absolute atomic E-state index is 13.0. The van der Waals surface area contributed by atoms with Gasteiger partial charge in [-0.1, -0.05) is 41.9 Å². The summed E-state index contributed by atoms with van der Waals surface area (Å²) in [6.07, 6.45) is 1.98. The summed E-state index contributed by atoms with van der Waals surface area (Å²) < 4.78 is 11.8. The zero-order valence-electron chi connectivity index (χ0n) is 19.4. The first kappa shape index (κ1) is 23.8. The maximum Gasteiger partial charge on any atom is 0.238 e. The highest BCUT2D eigenvalue weighted by molar-refractivity contribution is 6.32. The number of benzene rings is 3. The minimum Gasteiger partial charge on any atom is -0.490 e. The Balaban J connectivity index is 1.24. The van der Waals surface area contributed by atoms with Crippen LogP contribution in [-0.4, -0.2) is 50.6 Å². The standard InChI is InChI=1S/C26H25ClN6O3/c27-22-8-4-5-9-24(22)35-17-23(26-29-31-32-30-26)33(19-12-13-19)16-25(34)28-18-10-14-21(15-11-18)36-20-6-2-1-3-7-20/h1-11,14-15,19,23H,12-13,16-17H2,(H,28,34)(H,29,30,31,32). The van der Waals surface area contributed by atoms with E-state index >= 15 is 0 Å². The summed E-state index contributed by atoms with van der Waals surface area (Å²) in [6, 6.07) is 24.0. The molecule has 0 radical (unpaired) electrons. The molecule has 1 saturated carbocycles. The SMILES string of the molecule is O=C(CN(C1CC1)C(COc1ccccc1Cl)c1nnn[nH]1)Nc1ccc(Oc2ccccc2)cc1. The number of carbonyl (C=O) groups excluding carboxylic acids is 1. The van der Waals surface area contributed by atoms with Gasteiger partial charge >= 0.3 is 0 Å². The van der Waals surface area contributed by atoms with Crippen LogP contribution >= 0.6 is 11.6 Å². The van der Waals surface area contributed by atoms with Gasteiger partial charge in [-0.3, -0.25) is 9.69 Å². The van der Waals surface area contributed by atoms with Gasteiger partial charge in [0.05, 0.1) is 11.6 Å². The molecule has 1 amide bonds. The van der Waals surface area contributed by atoms with Crippen molar-refractivity contribution in [1.29, 1.82) is 0 Å². The lowest BCUT2D eigenvalue weighted by atomic mass is 10.2. The molecule has 0 spiro atoms. The molecule has 2 N–H and O–H groups in total. The van der Waals surface area contributed by atoms with Crippen LogP contribution in [0.5, 0.6) is 17.2 Å².